The van der Waals surface area contributed by atoms with Crippen LogP contribution in [-0.4, -0.2) is 4.98 Å². The van der Waals surface area contributed by atoms with Crippen LogP contribution in [0.4, 0.5) is 0 Å². The van der Waals surface area contributed by atoms with Crippen molar-refractivity contribution in [3.05, 3.63) is 54.6 Å². The summed E-state index contributed by atoms with van der Waals surface area (Å²) in [5.74, 6) is 0.713. The van der Waals surface area contributed by atoms with Gasteiger partial charge in [-0.15, -0.1) is 0 Å². The molecule has 0 aliphatic heterocycles. The Hall–Kier alpha value is -1.57. The number of hydrogen-bond donors (Lipinski definition) is 1. The lowest BCUT2D eigenvalue weighted by atomic mass is 9.84. The Balaban J connectivity index is 1.73. The molecule has 40 heavy (non-hydrogen) atoms. The van der Waals surface area contributed by atoms with Crippen molar-refractivity contribution in [1.82, 2.24) is 4.98 Å². The van der Waals surface area contributed by atoms with Gasteiger partial charge in [-0.3, -0.25) is 4.98 Å². The van der Waals surface area contributed by atoms with Gasteiger partial charge in [-0.25, -0.2) is 4.57 Å². The Morgan fingerprint density at radius 2 is 1.00 bits per heavy atom. The zero-order valence-electron chi connectivity index (χ0n) is 26.9. The molecule has 1 heterocycles. The van der Waals surface area contributed by atoms with Crippen LogP contribution in [0, 0.1) is 5.92 Å². The van der Waals surface area contributed by atoms with Gasteiger partial charge < -0.3 is 0 Å². The largest absolute Gasteiger partial charge is 0.250 e. The van der Waals surface area contributed by atoms with Gasteiger partial charge in [-0.05, 0) is 31.2 Å². The minimum absolute atomic E-state index is 0.605. The van der Waals surface area contributed by atoms with Crippen LogP contribution < -0.4 is 4.57 Å². The molecule has 0 saturated carbocycles. The third-order valence-corrected chi connectivity index (χ3v) is 9.12. The van der Waals surface area contributed by atoms with Crippen LogP contribution in [0.3, 0.4) is 0 Å². The highest BCUT2D eigenvalue weighted by atomic mass is 15.1. The van der Waals surface area contributed by atoms with E-state index in [4.69, 9.17) is 0 Å². The summed E-state index contributed by atoms with van der Waals surface area (Å²) in [6.07, 6.45) is 41.8. The lowest BCUT2D eigenvalue weighted by Gasteiger charge is -2.25. The first kappa shape index (κ1) is 34.6. The van der Waals surface area contributed by atoms with Gasteiger partial charge in [-0.2, -0.15) is 0 Å². The SMILES string of the molecule is CCCCCCCCCCCCCCCC(C(CCCCCCCCCCC)Cc1ccccc1)[n+]1cc[nH]c1. The van der Waals surface area contributed by atoms with E-state index in [2.05, 4.69) is 72.5 Å². The van der Waals surface area contributed by atoms with Gasteiger partial charge in [0.2, 0.25) is 6.33 Å². The fourth-order valence-corrected chi connectivity index (χ4v) is 6.57. The van der Waals surface area contributed by atoms with E-state index in [9.17, 15) is 0 Å². The minimum Gasteiger partial charge on any atom is -0.250 e. The summed E-state index contributed by atoms with van der Waals surface area (Å²) in [7, 11) is 0. The molecule has 1 N–H and O–H groups in total. The highest BCUT2D eigenvalue weighted by Crippen LogP contribution is 2.29. The van der Waals surface area contributed by atoms with Crippen LogP contribution in [0.2, 0.25) is 0 Å². The molecule has 0 bridgehead atoms. The summed E-state index contributed by atoms with van der Waals surface area (Å²) >= 11 is 0. The minimum atomic E-state index is 0.605. The van der Waals surface area contributed by atoms with Crippen LogP contribution >= 0.6 is 0 Å². The molecule has 0 aliphatic rings. The van der Waals surface area contributed by atoms with Gasteiger partial charge in [0.1, 0.15) is 18.4 Å². The average Bonchev–Trinajstić information content (AvgIpc) is 3.51. The zero-order valence-corrected chi connectivity index (χ0v) is 26.9. The first-order chi connectivity index (χ1) is 19.8. The topological polar surface area (TPSA) is 19.7 Å². The second-order valence-electron chi connectivity index (χ2n) is 12.7. The van der Waals surface area contributed by atoms with Gasteiger partial charge in [-0.1, -0.05) is 179 Å². The van der Waals surface area contributed by atoms with E-state index in [-0.39, 0.29) is 0 Å². The molecule has 2 nitrogen and oxygen atoms in total. The van der Waals surface area contributed by atoms with Gasteiger partial charge in [0.15, 0.2) is 0 Å². The van der Waals surface area contributed by atoms with Crippen molar-refractivity contribution in [2.75, 3.05) is 0 Å². The first-order valence-corrected chi connectivity index (χ1v) is 17.9. The summed E-state index contributed by atoms with van der Waals surface area (Å²) in [5, 5.41) is 0. The Morgan fingerprint density at radius 3 is 1.45 bits per heavy atom. The predicted molar refractivity (Wildman–Crippen MR) is 176 cm³/mol. The summed E-state index contributed by atoms with van der Waals surface area (Å²) in [6.45, 7) is 4.62. The molecule has 2 rings (SSSR count). The van der Waals surface area contributed by atoms with Gasteiger partial charge >= 0.3 is 0 Å². The molecule has 0 aliphatic carbocycles. The molecular weight excluding hydrogens is 484 g/mol. The quantitative estimate of drug-likeness (QED) is 0.0801. The van der Waals surface area contributed by atoms with Gasteiger partial charge in [0.05, 0.1) is 0 Å². The Kier molecular flexibility index (Phi) is 21.8. The van der Waals surface area contributed by atoms with Crippen molar-refractivity contribution in [3.63, 3.8) is 0 Å². The lowest BCUT2D eigenvalue weighted by Crippen LogP contribution is -2.42. The molecule has 0 radical (unpaired) electrons. The number of hydrogen-bond acceptors (Lipinski definition) is 0. The summed E-state index contributed by atoms with van der Waals surface area (Å²) in [4.78, 5) is 3.35. The van der Waals surface area contributed by atoms with E-state index in [1.54, 1.807) is 0 Å². The maximum Gasteiger partial charge on any atom is 0.241 e. The highest BCUT2D eigenvalue weighted by Gasteiger charge is 2.26. The molecule has 2 aromatic rings. The van der Waals surface area contributed by atoms with Crippen molar-refractivity contribution in [3.8, 4) is 0 Å². The zero-order chi connectivity index (χ0) is 28.4. The van der Waals surface area contributed by atoms with E-state index in [1.807, 2.05) is 0 Å². The molecule has 2 unspecified atom stereocenters. The summed E-state index contributed by atoms with van der Waals surface area (Å²) in [6, 6.07) is 11.9. The molecule has 0 saturated heterocycles. The number of aromatic amines is 1. The van der Waals surface area contributed by atoms with Crippen molar-refractivity contribution in [2.45, 2.75) is 180 Å². The fourth-order valence-electron chi connectivity index (χ4n) is 6.57. The summed E-state index contributed by atoms with van der Waals surface area (Å²) < 4.78 is 2.50. The first-order valence-electron chi connectivity index (χ1n) is 17.9. The van der Waals surface area contributed by atoms with Crippen molar-refractivity contribution in [1.29, 1.82) is 0 Å². The molecular formula is C38H67N2+. The second-order valence-corrected chi connectivity index (χ2v) is 12.7. The number of imidazole rings is 1. The van der Waals surface area contributed by atoms with Crippen LogP contribution in [0.1, 0.15) is 180 Å². The highest BCUT2D eigenvalue weighted by molar-refractivity contribution is 5.15. The Labute approximate surface area is 250 Å². The van der Waals surface area contributed by atoms with Crippen LogP contribution in [0.5, 0.6) is 0 Å². The average molecular weight is 552 g/mol. The number of nitrogens with zero attached hydrogens (tertiary/aromatic N) is 1. The molecule has 2 atom stereocenters. The van der Waals surface area contributed by atoms with E-state index >= 15 is 0 Å². The van der Waals surface area contributed by atoms with Crippen molar-refractivity contribution < 1.29 is 4.57 Å². The number of H-pyrrole nitrogens is 1. The van der Waals surface area contributed by atoms with Crippen LogP contribution in [0.15, 0.2) is 49.1 Å². The molecule has 0 spiro atoms. The predicted octanol–water partition coefficient (Wildman–Crippen LogP) is 12.1. The molecule has 1 aromatic heterocycles. The third kappa shape index (κ3) is 17.3. The number of aromatic nitrogens is 2. The van der Waals surface area contributed by atoms with Crippen molar-refractivity contribution >= 4 is 0 Å². The third-order valence-electron chi connectivity index (χ3n) is 9.12. The molecule has 0 fully saturated rings. The molecule has 2 heteroatoms. The standard InChI is InChI=1S/C38H66N2/c1-3-5-7-9-11-13-14-15-16-18-20-22-27-31-38(40-33-32-39-35-40)37(34-36-28-24-23-25-29-36)30-26-21-19-17-12-10-8-6-4-2/h23-25,28-29,32-33,35,37-38H,3-22,26-27,30-31,34H2,1-2H3/p+1. The van der Waals surface area contributed by atoms with Gasteiger partial charge in [0.25, 0.3) is 0 Å². The molecule has 1 aromatic carbocycles. The van der Waals surface area contributed by atoms with E-state index < -0.39 is 0 Å². The van der Waals surface area contributed by atoms with Crippen LogP contribution in [-0.2, 0) is 6.42 Å². The lowest BCUT2D eigenvalue weighted by molar-refractivity contribution is -0.730. The van der Waals surface area contributed by atoms with E-state index in [0.29, 0.717) is 12.0 Å². The maximum absolute atomic E-state index is 3.35. The Bertz CT molecular complexity index is 753. The maximum atomic E-state index is 3.35. The number of nitrogens with one attached hydrogen (secondary N) is 1. The number of benzene rings is 1. The molecule has 0 amide bonds. The molecule has 228 valence electrons. The normalized spacial score (nSPS) is 13.1. The second kappa shape index (κ2) is 25.2. The number of rotatable bonds is 28. The fraction of sp³-hybridized carbons (Fsp3) is 0.763. The smallest absolute Gasteiger partial charge is 0.241 e. The number of unbranched alkanes of at least 4 members (excludes halogenated alkanes) is 20. The van der Waals surface area contributed by atoms with Crippen LogP contribution in [0.25, 0.3) is 0 Å². The van der Waals surface area contributed by atoms with Gasteiger partial charge in [0, 0.05) is 5.92 Å². The monoisotopic (exact) mass is 552 g/mol. The van der Waals surface area contributed by atoms with E-state index in [0.717, 1.165) is 0 Å². The summed E-state index contributed by atoms with van der Waals surface area (Å²) in [5.41, 5.74) is 1.51. The Morgan fingerprint density at radius 1 is 0.550 bits per heavy atom. The van der Waals surface area contributed by atoms with E-state index in [1.165, 1.54) is 166 Å². The van der Waals surface area contributed by atoms with Crippen molar-refractivity contribution in [2.24, 2.45) is 5.92 Å².